The number of aliphatic hydroxyl groups is 1. The Bertz CT molecular complexity index is 1790. The molecule has 0 saturated heterocycles. The predicted molar refractivity (Wildman–Crippen MR) is 148 cm³/mol. The number of pyridine rings is 2. The van der Waals surface area contributed by atoms with Gasteiger partial charge in [0.1, 0.15) is 6.61 Å². The molecule has 0 unspecified atom stereocenters. The molecule has 0 amide bonds. The maximum Gasteiger partial charge on any atom is 0.343 e. The van der Waals surface area contributed by atoms with Crippen molar-refractivity contribution >= 4 is 34.4 Å². The lowest BCUT2D eigenvalue weighted by Crippen LogP contribution is -2.44. The third-order valence-corrected chi connectivity index (χ3v) is 7.87. The van der Waals surface area contributed by atoms with Crippen molar-refractivity contribution in [3.8, 4) is 11.4 Å². The highest BCUT2D eigenvalue weighted by molar-refractivity contribution is 6.08. The molecule has 2 aliphatic heterocycles. The molecule has 2 aromatic carbocycles. The fourth-order valence-electron chi connectivity index (χ4n) is 5.71. The molecule has 0 aliphatic carbocycles. The highest BCUT2D eigenvalue weighted by atomic mass is 16.6. The number of nitrogen functional groups attached to an aromatic ring is 1. The zero-order valence-corrected chi connectivity index (χ0v) is 21.7. The number of benzene rings is 2. The van der Waals surface area contributed by atoms with Gasteiger partial charge in [0.2, 0.25) is 0 Å². The summed E-state index contributed by atoms with van der Waals surface area (Å²) in [5, 5.41) is 11.9. The lowest BCUT2D eigenvalue weighted by Gasteiger charge is -2.31. The number of hydrogen-bond donors (Lipinski definition) is 2. The topological polar surface area (TPSA) is 125 Å². The second-order valence-electron chi connectivity index (χ2n) is 9.90. The number of carbonyl (C=O) groups is 2. The van der Waals surface area contributed by atoms with Crippen molar-refractivity contribution in [1.29, 1.82) is 0 Å². The molecule has 39 heavy (non-hydrogen) atoms. The van der Waals surface area contributed by atoms with Crippen molar-refractivity contribution in [2.75, 3.05) is 5.73 Å². The van der Waals surface area contributed by atoms with Gasteiger partial charge in [-0.2, -0.15) is 0 Å². The summed E-state index contributed by atoms with van der Waals surface area (Å²) in [6.07, 6.45) is 3.95. The van der Waals surface area contributed by atoms with Crippen LogP contribution in [0.4, 0.5) is 5.69 Å². The van der Waals surface area contributed by atoms with Gasteiger partial charge >= 0.3 is 5.97 Å². The Morgan fingerprint density at radius 2 is 1.92 bits per heavy atom. The van der Waals surface area contributed by atoms with Crippen LogP contribution in [0, 0.1) is 0 Å². The molecule has 3 N–H and O–H groups in total. The van der Waals surface area contributed by atoms with Crippen LogP contribution in [-0.2, 0) is 34.7 Å². The van der Waals surface area contributed by atoms with Crippen LogP contribution in [0.1, 0.15) is 58.4 Å². The maximum atomic E-state index is 13.5. The standard InChI is InChI=1S/C31H27N3O5/c1-3-19-20-15-34-24(14-22-21(29(34)36)16-39-30(37)31(22,38)4-2)28(20)33-23-12-10-18(27(32)26(19)23)11-13-25(35)17-8-6-5-7-9-17/h5-14,38H,3-4,15-16,32H2,1-2H3/t31-/m0/s1. The van der Waals surface area contributed by atoms with E-state index < -0.39 is 11.6 Å². The quantitative estimate of drug-likeness (QED) is 0.154. The van der Waals surface area contributed by atoms with Gasteiger partial charge < -0.3 is 20.1 Å². The van der Waals surface area contributed by atoms with Crippen LogP contribution in [0.15, 0.2) is 59.4 Å². The minimum atomic E-state index is -1.88. The van der Waals surface area contributed by atoms with E-state index in [0.717, 1.165) is 16.5 Å². The molecule has 0 spiro atoms. The first-order valence-electron chi connectivity index (χ1n) is 13.0. The Hall–Kier alpha value is -4.56. The summed E-state index contributed by atoms with van der Waals surface area (Å²) in [4.78, 5) is 43.5. The number of ketones is 1. The summed E-state index contributed by atoms with van der Waals surface area (Å²) >= 11 is 0. The summed E-state index contributed by atoms with van der Waals surface area (Å²) in [6.45, 7) is 3.83. The molecule has 2 aliphatic rings. The van der Waals surface area contributed by atoms with Crippen LogP contribution >= 0.6 is 0 Å². The van der Waals surface area contributed by atoms with Crippen LogP contribution in [0.25, 0.3) is 28.4 Å². The van der Waals surface area contributed by atoms with Crippen molar-refractivity contribution < 1.29 is 19.4 Å². The first kappa shape index (κ1) is 24.8. The lowest BCUT2D eigenvalue weighted by molar-refractivity contribution is -0.172. The zero-order chi connectivity index (χ0) is 27.5. The molecule has 196 valence electrons. The Morgan fingerprint density at radius 3 is 2.64 bits per heavy atom. The Kier molecular flexibility index (Phi) is 5.73. The van der Waals surface area contributed by atoms with Gasteiger partial charge in [0, 0.05) is 27.8 Å². The second kappa shape index (κ2) is 9.03. The molecule has 0 saturated carbocycles. The number of aromatic nitrogens is 2. The van der Waals surface area contributed by atoms with E-state index in [-0.39, 0.29) is 35.5 Å². The monoisotopic (exact) mass is 521 g/mol. The maximum absolute atomic E-state index is 13.5. The summed E-state index contributed by atoms with van der Waals surface area (Å²) in [5.74, 6) is -0.869. The van der Waals surface area contributed by atoms with Gasteiger partial charge in [0.25, 0.3) is 5.56 Å². The molecular weight excluding hydrogens is 494 g/mol. The summed E-state index contributed by atoms with van der Waals surface area (Å²) < 4.78 is 6.79. The van der Waals surface area contributed by atoms with Crippen LogP contribution in [0.3, 0.4) is 0 Å². The molecule has 8 nitrogen and oxygen atoms in total. The summed E-state index contributed by atoms with van der Waals surface area (Å²) in [6, 6.07) is 14.4. The van der Waals surface area contributed by atoms with Gasteiger partial charge in [-0.15, -0.1) is 0 Å². The minimum Gasteiger partial charge on any atom is -0.458 e. The Labute approximate surface area is 224 Å². The number of rotatable bonds is 5. The predicted octanol–water partition coefficient (Wildman–Crippen LogP) is 4.12. The van der Waals surface area contributed by atoms with E-state index in [1.165, 1.54) is 6.08 Å². The lowest BCUT2D eigenvalue weighted by atomic mass is 9.86. The molecule has 6 rings (SSSR count). The van der Waals surface area contributed by atoms with Gasteiger partial charge in [-0.3, -0.25) is 9.59 Å². The van der Waals surface area contributed by atoms with Gasteiger partial charge in [0.15, 0.2) is 11.4 Å². The smallest absolute Gasteiger partial charge is 0.343 e. The molecular formula is C31H27N3O5. The molecule has 2 aromatic heterocycles. The summed E-state index contributed by atoms with van der Waals surface area (Å²) in [5.41, 5.74) is 10.6. The van der Waals surface area contributed by atoms with E-state index in [2.05, 4.69) is 0 Å². The van der Waals surface area contributed by atoms with Crippen LogP contribution in [-0.4, -0.2) is 26.4 Å². The first-order chi connectivity index (χ1) is 18.8. The number of aryl methyl sites for hydroxylation is 1. The average Bonchev–Trinajstić information content (AvgIpc) is 3.33. The van der Waals surface area contributed by atoms with E-state index >= 15 is 0 Å². The number of nitrogens with two attached hydrogens (primary N) is 1. The first-order valence-corrected chi connectivity index (χ1v) is 13.0. The number of ether oxygens (including phenoxy) is 1. The molecule has 0 fully saturated rings. The second-order valence-corrected chi connectivity index (χ2v) is 9.90. The highest BCUT2D eigenvalue weighted by Crippen LogP contribution is 2.41. The van der Waals surface area contributed by atoms with Gasteiger partial charge in [-0.25, -0.2) is 9.78 Å². The number of allylic oxidation sites excluding steroid dienone is 1. The SMILES string of the molecule is CCc1c2c(nc3ccc(C=CC(=O)c4ccccc4)c(N)c13)-c1cc3c(c(=O)n1C2)COC(=O)[C@]3(O)CC. The number of fused-ring (bicyclic) bond motifs is 5. The minimum absolute atomic E-state index is 0.0829. The summed E-state index contributed by atoms with van der Waals surface area (Å²) in [7, 11) is 0. The molecule has 8 heteroatoms. The zero-order valence-electron chi connectivity index (χ0n) is 21.7. The van der Waals surface area contributed by atoms with Gasteiger partial charge in [-0.05, 0) is 48.3 Å². The van der Waals surface area contributed by atoms with Crippen LogP contribution in [0.5, 0.6) is 0 Å². The molecule has 4 aromatic rings. The van der Waals surface area contributed by atoms with E-state index in [1.54, 1.807) is 35.8 Å². The van der Waals surface area contributed by atoms with E-state index in [1.807, 2.05) is 37.3 Å². The molecule has 1 atom stereocenters. The largest absolute Gasteiger partial charge is 0.458 e. The number of cyclic esters (lactones) is 1. The fourth-order valence-corrected chi connectivity index (χ4v) is 5.71. The van der Waals surface area contributed by atoms with Crippen molar-refractivity contribution in [3.63, 3.8) is 0 Å². The van der Waals surface area contributed by atoms with Crippen LogP contribution < -0.4 is 11.3 Å². The van der Waals surface area contributed by atoms with E-state index in [4.69, 9.17) is 15.5 Å². The molecule has 0 radical (unpaired) electrons. The third kappa shape index (κ3) is 3.63. The number of nitrogens with zero attached hydrogens (tertiary/aromatic N) is 2. The van der Waals surface area contributed by atoms with Gasteiger partial charge in [-0.1, -0.05) is 50.2 Å². The molecule has 0 bridgehead atoms. The normalized spacial score (nSPS) is 17.7. The Balaban J connectivity index is 1.49. The van der Waals surface area contributed by atoms with Crippen molar-refractivity contribution in [3.05, 3.63) is 98.3 Å². The van der Waals surface area contributed by atoms with E-state index in [0.29, 0.717) is 46.7 Å². The third-order valence-electron chi connectivity index (χ3n) is 7.87. The average molecular weight is 522 g/mol. The highest BCUT2D eigenvalue weighted by Gasteiger charge is 2.45. The van der Waals surface area contributed by atoms with Gasteiger partial charge in [0.05, 0.1) is 29.0 Å². The molecule has 4 heterocycles. The number of anilines is 1. The number of esters is 1. The number of hydrogen-bond acceptors (Lipinski definition) is 7. The van der Waals surface area contributed by atoms with Crippen molar-refractivity contribution in [1.82, 2.24) is 9.55 Å². The Morgan fingerprint density at radius 1 is 1.15 bits per heavy atom. The van der Waals surface area contributed by atoms with Crippen LogP contribution in [0.2, 0.25) is 0 Å². The van der Waals surface area contributed by atoms with Crippen molar-refractivity contribution in [2.24, 2.45) is 0 Å². The van der Waals surface area contributed by atoms with Crippen molar-refractivity contribution in [2.45, 2.75) is 45.4 Å². The fraction of sp³-hybridized carbons (Fsp3) is 0.226. The van der Waals surface area contributed by atoms with E-state index in [9.17, 15) is 19.5 Å². The number of carbonyl (C=O) groups excluding carboxylic acids is 2.